The second-order valence-electron chi connectivity index (χ2n) is 13.5. The Morgan fingerprint density at radius 3 is 0.730 bits per heavy atom. The normalized spacial score (nSPS) is 11.3. The van der Waals surface area contributed by atoms with Crippen molar-refractivity contribution in [3.8, 4) is 0 Å². The molecule has 2 radical (unpaired) electrons. The summed E-state index contributed by atoms with van der Waals surface area (Å²) in [5.74, 6) is -2.78. The molecule has 37 heavy (non-hydrogen) atoms. The smallest absolute Gasteiger partial charge is 0.550 e. The largest absolute Gasteiger partial charge is 3.00 e. The average Bonchev–Trinajstić information content (AvgIpc) is 2.65. The molecule has 0 fully saturated rings. The zero-order valence-corrected chi connectivity index (χ0v) is 28.1. The first-order valence-corrected chi connectivity index (χ1v) is 13.8. The van der Waals surface area contributed by atoms with Gasteiger partial charge in [0.2, 0.25) is 0 Å². The number of carbonyl (C=O) groups excluding carboxylic acids is 3. The Kier molecular flexibility index (Phi) is 28.4. The first kappa shape index (κ1) is 43.3. The number of hydrogen-bond donors (Lipinski definition) is 0. The van der Waals surface area contributed by atoms with E-state index in [4.69, 9.17) is 0 Å². The Morgan fingerprint density at radius 2 is 0.595 bits per heavy atom. The summed E-state index contributed by atoms with van der Waals surface area (Å²) in [5.41, 5.74) is 1.13. The Balaban J connectivity index is -0.000000218. The molecule has 0 saturated carbocycles. The predicted molar refractivity (Wildman–Crippen MR) is 148 cm³/mol. The van der Waals surface area contributed by atoms with Gasteiger partial charge in [0.25, 0.3) is 0 Å². The maximum Gasteiger partial charge on any atom is 3.00 e. The summed E-state index contributed by atoms with van der Waals surface area (Å²) in [4.78, 5) is 30.1. The first-order chi connectivity index (χ1) is 16.2. The molecule has 0 saturated heterocycles. The zero-order chi connectivity index (χ0) is 28.8. The molecule has 0 spiro atoms. The third kappa shape index (κ3) is 56.5. The quantitative estimate of drug-likeness (QED) is 0.188. The van der Waals surface area contributed by atoms with E-state index >= 15 is 0 Å². The van der Waals surface area contributed by atoms with Crippen LogP contribution in [0, 0.1) is 16.2 Å². The Hall–Kier alpha value is -0.772. The van der Waals surface area contributed by atoms with Crippen LogP contribution in [0.5, 0.6) is 0 Å². The number of hydrogen-bond acceptors (Lipinski definition) is 6. The van der Waals surface area contributed by atoms with Crippen molar-refractivity contribution in [2.75, 3.05) is 0 Å². The minimum atomic E-state index is -0.925. The van der Waals surface area contributed by atoms with E-state index in [2.05, 4.69) is 62.3 Å². The zero-order valence-electron chi connectivity index (χ0n) is 25.5. The number of rotatable bonds is 15. The molecule has 0 bridgehead atoms. The molecule has 0 aromatic rings. The molecule has 7 heteroatoms. The van der Waals surface area contributed by atoms with Gasteiger partial charge in [-0.3, -0.25) is 0 Å². The van der Waals surface area contributed by atoms with Gasteiger partial charge in [0.05, 0.1) is 0 Å². The van der Waals surface area contributed by atoms with Gasteiger partial charge in [-0.1, -0.05) is 101 Å². The van der Waals surface area contributed by atoms with Gasteiger partial charge < -0.3 is 29.7 Å². The van der Waals surface area contributed by atoms with Crippen LogP contribution >= 0.6 is 0 Å². The second kappa shape index (κ2) is 24.3. The van der Waals surface area contributed by atoms with E-state index < -0.39 is 17.9 Å². The molecule has 0 aromatic carbocycles. The van der Waals surface area contributed by atoms with E-state index in [0.717, 1.165) is 57.8 Å². The van der Waals surface area contributed by atoms with Crippen LogP contribution in [0.25, 0.3) is 0 Å². The SMILES string of the molecule is CC(C)(C)CCCCCC(=O)[O-].CC(C)(C)CCCCCC(=O)[O-].CC(C)(C)CCCCCC(=O)[O-].[Sb+3]. The second-order valence-corrected chi connectivity index (χ2v) is 13.5. The van der Waals surface area contributed by atoms with Crippen molar-refractivity contribution in [2.24, 2.45) is 16.2 Å². The summed E-state index contributed by atoms with van der Waals surface area (Å²) in [6, 6.07) is 0. The van der Waals surface area contributed by atoms with E-state index in [0.29, 0.717) is 16.2 Å². The van der Waals surface area contributed by atoms with E-state index in [1.165, 1.54) is 19.3 Å². The number of carbonyl (C=O) groups is 3. The Bertz CT molecular complexity index is 487. The molecule has 0 aliphatic carbocycles. The maximum absolute atomic E-state index is 10.0. The molecule has 0 unspecified atom stereocenters. The van der Waals surface area contributed by atoms with Gasteiger partial charge in [-0.15, -0.1) is 0 Å². The van der Waals surface area contributed by atoms with Gasteiger partial charge in [-0.05, 0) is 74.0 Å². The van der Waals surface area contributed by atoms with Crippen molar-refractivity contribution in [1.82, 2.24) is 0 Å². The van der Waals surface area contributed by atoms with Crippen LogP contribution in [-0.4, -0.2) is 42.3 Å². The van der Waals surface area contributed by atoms with Crippen molar-refractivity contribution >= 4 is 42.3 Å². The van der Waals surface area contributed by atoms with Gasteiger partial charge in [0.1, 0.15) is 0 Å². The Morgan fingerprint density at radius 1 is 0.405 bits per heavy atom. The molecule has 0 aliphatic rings. The molecule has 0 amide bonds. The van der Waals surface area contributed by atoms with Crippen LogP contribution < -0.4 is 15.3 Å². The number of unbranched alkanes of at least 4 members (excludes halogenated alkanes) is 6. The first-order valence-electron chi connectivity index (χ1n) is 13.8. The molecule has 0 N–H and O–H groups in total. The predicted octanol–water partition coefficient (Wildman–Crippen LogP) is 4.82. The van der Waals surface area contributed by atoms with Crippen LogP contribution in [0.15, 0.2) is 0 Å². The van der Waals surface area contributed by atoms with Crippen LogP contribution in [0.1, 0.15) is 159 Å². The summed E-state index contributed by atoms with van der Waals surface area (Å²) in [5, 5.41) is 30.1. The summed E-state index contributed by atoms with van der Waals surface area (Å²) >= 11 is 0. The average molecular weight is 636 g/mol. The third-order valence-corrected chi connectivity index (χ3v) is 5.42. The monoisotopic (exact) mass is 634 g/mol. The molecule has 0 rings (SSSR count). The molecule has 0 aliphatic heterocycles. The molecule has 218 valence electrons. The van der Waals surface area contributed by atoms with Crippen molar-refractivity contribution in [1.29, 1.82) is 0 Å². The van der Waals surface area contributed by atoms with Crippen LogP contribution in [0.2, 0.25) is 0 Å². The molecular weight excluding hydrogens is 578 g/mol. The molecule has 6 nitrogen and oxygen atoms in total. The fourth-order valence-corrected chi connectivity index (χ4v) is 3.30. The third-order valence-electron chi connectivity index (χ3n) is 5.42. The topological polar surface area (TPSA) is 120 Å². The van der Waals surface area contributed by atoms with Crippen molar-refractivity contribution in [3.63, 3.8) is 0 Å². The standard InChI is InChI=1S/3C10H20O2.Sb/c3*1-10(2,3)8-6-4-5-7-9(11)12;/h3*4-8H2,1-3H3,(H,11,12);/q;;;+3/p-3. The summed E-state index contributed by atoms with van der Waals surface area (Å²) in [6.07, 6.45) is 12.8. The summed E-state index contributed by atoms with van der Waals surface area (Å²) in [7, 11) is 0. The van der Waals surface area contributed by atoms with Crippen molar-refractivity contribution < 1.29 is 29.7 Å². The fourth-order valence-electron chi connectivity index (χ4n) is 3.30. The number of aliphatic carboxylic acids is 3. The van der Waals surface area contributed by atoms with Crippen LogP contribution in [0.3, 0.4) is 0 Å². The maximum atomic E-state index is 10.0. The molecule has 0 aromatic heterocycles. The fraction of sp³-hybridized carbons (Fsp3) is 0.900. The molecule has 0 heterocycles. The van der Waals surface area contributed by atoms with E-state index in [1.807, 2.05) is 0 Å². The van der Waals surface area contributed by atoms with Crippen LogP contribution in [-0.2, 0) is 14.4 Å². The van der Waals surface area contributed by atoms with Gasteiger partial charge in [0.15, 0.2) is 0 Å². The number of carboxylic acids is 3. The summed E-state index contributed by atoms with van der Waals surface area (Å²) < 4.78 is 0. The summed E-state index contributed by atoms with van der Waals surface area (Å²) in [6.45, 7) is 19.8. The van der Waals surface area contributed by atoms with E-state index in [9.17, 15) is 29.7 Å². The van der Waals surface area contributed by atoms with E-state index in [-0.39, 0.29) is 43.7 Å². The minimum Gasteiger partial charge on any atom is -0.550 e. The van der Waals surface area contributed by atoms with Crippen molar-refractivity contribution in [2.45, 2.75) is 159 Å². The van der Waals surface area contributed by atoms with Gasteiger partial charge in [0, 0.05) is 17.9 Å². The van der Waals surface area contributed by atoms with E-state index in [1.54, 1.807) is 0 Å². The minimum absolute atomic E-state index is 0. The molecule has 0 atom stereocenters. The van der Waals surface area contributed by atoms with Gasteiger partial charge >= 0.3 is 24.4 Å². The van der Waals surface area contributed by atoms with Crippen molar-refractivity contribution in [3.05, 3.63) is 0 Å². The Labute approximate surface area is 246 Å². The van der Waals surface area contributed by atoms with Gasteiger partial charge in [-0.25, -0.2) is 0 Å². The molecular formula is C30H57O6Sb. The van der Waals surface area contributed by atoms with Gasteiger partial charge in [-0.2, -0.15) is 0 Å². The van der Waals surface area contributed by atoms with Crippen LogP contribution in [0.4, 0.5) is 0 Å². The number of carboxylic acid groups (broad SMARTS) is 3.